The van der Waals surface area contributed by atoms with E-state index in [1.54, 1.807) is 72.8 Å². The van der Waals surface area contributed by atoms with E-state index < -0.39 is 11.8 Å². The molecule has 0 bridgehead atoms. The molecule has 9 heteroatoms. The summed E-state index contributed by atoms with van der Waals surface area (Å²) in [4.78, 5) is 37.1. The Bertz CT molecular complexity index is 1170. The monoisotopic (exact) mass is 476 g/mol. The molecule has 174 valence electrons. The number of carbonyl (C=O) groups is 3. The number of ether oxygens (including phenoxy) is 1. The van der Waals surface area contributed by atoms with E-state index in [0.29, 0.717) is 34.7 Å². The molecular formula is C25H24N4O4S. The average molecular weight is 477 g/mol. The number of carbonyl (C=O) groups excluding carboxylic acids is 3. The lowest BCUT2D eigenvalue weighted by molar-refractivity contribution is 0.0933. The van der Waals surface area contributed by atoms with Gasteiger partial charge in [0.15, 0.2) is 5.11 Å². The second kappa shape index (κ2) is 12.1. The number of anilines is 1. The smallest absolute Gasteiger partial charge is 0.269 e. The maximum atomic E-state index is 12.5. The molecule has 0 saturated carbocycles. The average Bonchev–Trinajstić information content (AvgIpc) is 2.87. The molecule has 0 radical (unpaired) electrons. The van der Waals surface area contributed by atoms with Crippen molar-refractivity contribution in [2.75, 3.05) is 11.9 Å². The van der Waals surface area contributed by atoms with Crippen LogP contribution in [-0.2, 0) is 0 Å². The van der Waals surface area contributed by atoms with Gasteiger partial charge in [-0.1, -0.05) is 37.3 Å². The third kappa shape index (κ3) is 6.88. The fraction of sp³-hybridized carbons (Fsp3) is 0.120. The van der Waals surface area contributed by atoms with Crippen molar-refractivity contribution >= 4 is 40.7 Å². The Hall–Kier alpha value is -4.24. The SMILES string of the molecule is CCCOc1ccccc1C(=O)NC(=S)NNC(=O)c1ccc(NC(=O)c2ccccc2)cc1. The van der Waals surface area contributed by atoms with Gasteiger partial charge >= 0.3 is 0 Å². The molecule has 0 atom stereocenters. The largest absolute Gasteiger partial charge is 0.493 e. The first kappa shape index (κ1) is 24.4. The molecule has 0 aliphatic heterocycles. The topological polar surface area (TPSA) is 109 Å². The second-order valence-electron chi connectivity index (χ2n) is 7.10. The van der Waals surface area contributed by atoms with E-state index in [4.69, 9.17) is 17.0 Å². The maximum Gasteiger partial charge on any atom is 0.269 e. The molecule has 4 N–H and O–H groups in total. The van der Waals surface area contributed by atoms with Crippen molar-refractivity contribution in [3.05, 3.63) is 95.6 Å². The molecule has 0 saturated heterocycles. The first-order chi connectivity index (χ1) is 16.5. The number of thiocarbonyl (C=S) groups is 1. The summed E-state index contributed by atoms with van der Waals surface area (Å²) in [5.74, 6) is -0.725. The van der Waals surface area contributed by atoms with Gasteiger partial charge in [-0.05, 0) is 67.2 Å². The van der Waals surface area contributed by atoms with Gasteiger partial charge in [0, 0.05) is 16.8 Å². The fourth-order valence-electron chi connectivity index (χ4n) is 2.88. The van der Waals surface area contributed by atoms with Crippen LogP contribution < -0.4 is 26.2 Å². The molecule has 0 unspecified atom stereocenters. The number of hydrogen-bond donors (Lipinski definition) is 4. The van der Waals surface area contributed by atoms with Crippen LogP contribution in [-0.4, -0.2) is 29.4 Å². The van der Waals surface area contributed by atoms with Gasteiger partial charge in [0.2, 0.25) is 0 Å². The predicted octanol–water partition coefficient (Wildman–Crippen LogP) is 3.68. The molecule has 0 heterocycles. The Morgan fingerprint density at radius 1 is 0.765 bits per heavy atom. The van der Waals surface area contributed by atoms with Crippen molar-refractivity contribution in [2.24, 2.45) is 0 Å². The molecule has 3 aromatic rings. The van der Waals surface area contributed by atoms with Crippen molar-refractivity contribution in [1.29, 1.82) is 0 Å². The highest BCUT2D eigenvalue weighted by molar-refractivity contribution is 7.80. The summed E-state index contributed by atoms with van der Waals surface area (Å²) in [6.07, 6.45) is 0.808. The maximum absolute atomic E-state index is 12.5. The summed E-state index contributed by atoms with van der Waals surface area (Å²) < 4.78 is 5.58. The van der Waals surface area contributed by atoms with Crippen LogP contribution in [0.15, 0.2) is 78.9 Å². The van der Waals surface area contributed by atoms with Crippen molar-refractivity contribution in [3.8, 4) is 5.75 Å². The lowest BCUT2D eigenvalue weighted by Crippen LogP contribution is -2.48. The van der Waals surface area contributed by atoms with Crippen molar-refractivity contribution in [1.82, 2.24) is 16.2 Å². The Kier molecular flexibility index (Phi) is 8.70. The highest BCUT2D eigenvalue weighted by atomic mass is 32.1. The standard InChI is InChI=1S/C25H24N4O4S/c1-2-16-33-21-11-7-6-10-20(21)24(32)27-25(34)29-28-23(31)18-12-14-19(15-13-18)26-22(30)17-8-4-3-5-9-17/h3-15H,2,16H2,1H3,(H,26,30)(H,28,31)(H2,27,29,32,34). The zero-order chi connectivity index (χ0) is 24.3. The third-order valence-electron chi connectivity index (χ3n) is 4.55. The minimum Gasteiger partial charge on any atom is -0.493 e. The van der Waals surface area contributed by atoms with Gasteiger partial charge in [0.25, 0.3) is 17.7 Å². The highest BCUT2D eigenvalue weighted by Gasteiger charge is 2.14. The Balaban J connectivity index is 1.50. The summed E-state index contributed by atoms with van der Waals surface area (Å²) in [7, 11) is 0. The van der Waals surface area contributed by atoms with E-state index >= 15 is 0 Å². The molecule has 3 rings (SSSR count). The van der Waals surface area contributed by atoms with E-state index in [0.717, 1.165) is 6.42 Å². The van der Waals surface area contributed by atoms with Crippen LogP contribution in [0.2, 0.25) is 0 Å². The lowest BCUT2D eigenvalue weighted by atomic mass is 10.1. The predicted molar refractivity (Wildman–Crippen MR) is 134 cm³/mol. The first-order valence-corrected chi connectivity index (χ1v) is 11.0. The molecule has 0 aliphatic carbocycles. The summed E-state index contributed by atoms with van der Waals surface area (Å²) in [6, 6.07) is 22.0. The van der Waals surface area contributed by atoms with Crippen LogP contribution >= 0.6 is 12.2 Å². The van der Waals surface area contributed by atoms with Gasteiger partial charge in [-0.3, -0.25) is 30.6 Å². The van der Waals surface area contributed by atoms with E-state index in [-0.39, 0.29) is 11.0 Å². The van der Waals surface area contributed by atoms with E-state index in [2.05, 4.69) is 21.5 Å². The molecule has 3 aromatic carbocycles. The quantitative estimate of drug-likeness (QED) is 0.306. The van der Waals surface area contributed by atoms with Crippen molar-refractivity contribution in [3.63, 3.8) is 0 Å². The normalized spacial score (nSPS) is 10.0. The van der Waals surface area contributed by atoms with Crippen LogP contribution in [0, 0.1) is 0 Å². The van der Waals surface area contributed by atoms with Gasteiger partial charge in [0.05, 0.1) is 12.2 Å². The van der Waals surface area contributed by atoms with E-state index in [1.165, 1.54) is 0 Å². The van der Waals surface area contributed by atoms with Gasteiger partial charge < -0.3 is 10.1 Å². The molecule has 0 spiro atoms. The number of hydrazine groups is 1. The number of hydrogen-bond acceptors (Lipinski definition) is 5. The molecule has 0 aromatic heterocycles. The van der Waals surface area contributed by atoms with Gasteiger partial charge in [0.1, 0.15) is 5.75 Å². The zero-order valence-electron chi connectivity index (χ0n) is 18.5. The molecule has 8 nitrogen and oxygen atoms in total. The first-order valence-electron chi connectivity index (χ1n) is 10.6. The summed E-state index contributed by atoms with van der Waals surface area (Å²) in [6.45, 7) is 2.45. The number of benzene rings is 3. The number of nitrogens with one attached hydrogen (secondary N) is 4. The van der Waals surface area contributed by atoms with E-state index in [1.807, 2.05) is 13.0 Å². The molecule has 0 fully saturated rings. The second-order valence-corrected chi connectivity index (χ2v) is 7.51. The molecule has 34 heavy (non-hydrogen) atoms. The fourth-order valence-corrected chi connectivity index (χ4v) is 3.02. The molecule has 3 amide bonds. The Morgan fingerprint density at radius 3 is 2.12 bits per heavy atom. The lowest BCUT2D eigenvalue weighted by Gasteiger charge is -2.13. The minimum atomic E-state index is -0.468. The summed E-state index contributed by atoms with van der Waals surface area (Å²) >= 11 is 5.10. The van der Waals surface area contributed by atoms with Gasteiger partial charge in [-0.25, -0.2) is 0 Å². The summed E-state index contributed by atoms with van der Waals surface area (Å²) in [5.41, 5.74) is 6.67. The Morgan fingerprint density at radius 2 is 1.41 bits per heavy atom. The van der Waals surface area contributed by atoms with E-state index in [9.17, 15) is 14.4 Å². The Labute approximate surface area is 202 Å². The summed E-state index contributed by atoms with van der Waals surface area (Å²) in [5, 5.41) is 5.20. The molecular weight excluding hydrogens is 452 g/mol. The zero-order valence-corrected chi connectivity index (χ0v) is 19.3. The van der Waals surface area contributed by atoms with Crippen molar-refractivity contribution in [2.45, 2.75) is 13.3 Å². The molecule has 0 aliphatic rings. The highest BCUT2D eigenvalue weighted by Crippen LogP contribution is 2.18. The number of amides is 3. The third-order valence-corrected chi connectivity index (χ3v) is 4.76. The minimum absolute atomic E-state index is 0.0737. The van der Waals surface area contributed by atoms with Gasteiger partial charge in [-0.15, -0.1) is 0 Å². The number of para-hydroxylation sites is 1. The van der Waals surface area contributed by atoms with Crippen LogP contribution in [0.3, 0.4) is 0 Å². The van der Waals surface area contributed by atoms with Crippen LogP contribution in [0.25, 0.3) is 0 Å². The number of rotatable bonds is 7. The van der Waals surface area contributed by atoms with Crippen molar-refractivity contribution < 1.29 is 19.1 Å². The van der Waals surface area contributed by atoms with Crippen LogP contribution in [0.5, 0.6) is 5.75 Å². The van der Waals surface area contributed by atoms with Crippen LogP contribution in [0.4, 0.5) is 5.69 Å². The van der Waals surface area contributed by atoms with Crippen LogP contribution in [0.1, 0.15) is 44.4 Å². The van der Waals surface area contributed by atoms with Gasteiger partial charge in [-0.2, -0.15) is 0 Å².